The van der Waals surface area contributed by atoms with Crippen molar-refractivity contribution in [1.29, 1.82) is 0 Å². The highest BCUT2D eigenvalue weighted by atomic mass is 79.9. The quantitative estimate of drug-likeness (QED) is 0.904. The summed E-state index contributed by atoms with van der Waals surface area (Å²) in [5.41, 5.74) is 0.981. The Morgan fingerprint density at radius 1 is 1.50 bits per heavy atom. The fraction of sp³-hybridized carbons (Fsp3) is 0.417. The van der Waals surface area contributed by atoms with Gasteiger partial charge in [-0.05, 0) is 30.4 Å². The second kappa shape index (κ2) is 4.97. The van der Waals surface area contributed by atoms with E-state index in [1.165, 1.54) is 0 Å². The van der Waals surface area contributed by atoms with E-state index in [0.717, 1.165) is 22.9 Å². The average Bonchev–Trinajstić information content (AvgIpc) is 3.04. The molecule has 0 amide bonds. The lowest BCUT2D eigenvalue weighted by molar-refractivity contribution is -0.152. The Morgan fingerprint density at radius 3 is 2.75 bits per heavy atom. The number of ether oxygens (including phenoxy) is 1. The molecule has 86 valence electrons. The normalized spacial score (nSPS) is 17.1. The number of carboxylic acid groups (broad SMARTS) is 1. The second-order valence-corrected chi connectivity index (χ2v) is 4.85. The van der Waals surface area contributed by atoms with E-state index in [9.17, 15) is 4.79 Å². The van der Waals surface area contributed by atoms with E-state index in [1.807, 2.05) is 24.3 Å². The third-order valence-corrected chi connectivity index (χ3v) is 3.44. The summed E-state index contributed by atoms with van der Waals surface area (Å²) >= 11 is 3.41. The van der Waals surface area contributed by atoms with Gasteiger partial charge in [0.05, 0.1) is 6.61 Å². The van der Waals surface area contributed by atoms with Gasteiger partial charge in [0.1, 0.15) is 0 Å². The summed E-state index contributed by atoms with van der Waals surface area (Å²) in [4.78, 5) is 11.0. The third-order valence-electron chi connectivity index (χ3n) is 2.67. The van der Waals surface area contributed by atoms with Crippen molar-refractivity contribution in [1.82, 2.24) is 0 Å². The van der Waals surface area contributed by atoms with Crippen LogP contribution in [0.5, 0.6) is 0 Å². The van der Waals surface area contributed by atoms with Crippen molar-refractivity contribution in [2.24, 2.45) is 5.92 Å². The summed E-state index contributed by atoms with van der Waals surface area (Å²) in [6, 6.07) is 7.68. The van der Waals surface area contributed by atoms with E-state index in [2.05, 4.69) is 15.9 Å². The number of benzene rings is 1. The molecular weight excluding hydrogens is 272 g/mol. The number of aliphatic carboxylic acids is 1. The van der Waals surface area contributed by atoms with E-state index in [1.54, 1.807) is 0 Å². The van der Waals surface area contributed by atoms with Gasteiger partial charge in [0, 0.05) is 4.47 Å². The smallest absolute Gasteiger partial charge is 0.333 e. The number of hydrogen-bond donors (Lipinski definition) is 1. The zero-order valence-electron chi connectivity index (χ0n) is 8.73. The molecule has 2 rings (SSSR count). The number of halogens is 1. The van der Waals surface area contributed by atoms with Crippen LogP contribution >= 0.6 is 15.9 Å². The lowest BCUT2D eigenvalue weighted by Gasteiger charge is -2.13. The van der Waals surface area contributed by atoms with Crippen LogP contribution in [0.25, 0.3) is 0 Å². The van der Waals surface area contributed by atoms with Crippen molar-refractivity contribution in [2.45, 2.75) is 25.6 Å². The van der Waals surface area contributed by atoms with Crippen molar-refractivity contribution >= 4 is 21.9 Å². The van der Waals surface area contributed by atoms with Crippen LogP contribution < -0.4 is 0 Å². The Balaban J connectivity index is 1.95. The number of rotatable bonds is 5. The van der Waals surface area contributed by atoms with Gasteiger partial charge in [0.15, 0.2) is 6.10 Å². The van der Waals surface area contributed by atoms with Crippen molar-refractivity contribution in [3.05, 3.63) is 34.3 Å². The third kappa shape index (κ3) is 2.83. The Labute approximate surface area is 103 Å². The van der Waals surface area contributed by atoms with Crippen LogP contribution in [-0.4, -0.2) is 17.2 Å². The molecule has 3 nitrogen and oxygen atoms in total. The van der Waals surface area contributed by atoms with Crippen LogP contribution in [0, 0.1) is 5.92 Å². The predicted molar refractivity (Wildman–Crippen MR) is 63.1 cm³/mol. The van der Waals surface area contributed by atoms with Crippen LogP contribution in [0.4, 0.5) is 0 Å². The molecule has 0 aliphatic heterocycles. The van der Waals surface area contributed by atoms with Crippen molar-refractivity contribution < 1.29 is 14.6 Å². The highest BCUT2D eigenvalue weighted by Crippen LogP contribution is 2.35. The maximum atomic E-state index is 11.0. The topological polar surface area (TPSA) is 46.5 Å². The number of carbonyl (C=O) groups is 1. The van der Waals surface area contributed by atoms with E-state index in [4.69, 9.17) is 9.84 Å². The molecule has 1 unspecified atom stereocenters. The summed E-state index contributed by atoms with van der Waals surface area (Å²) in [6.07, 6.45) is 1.28. The molecule has 0 saturated heterocycles. The molecule has 16 heavy (non-hydrogen) atoms. The van der Waals surface area contributed by atoms with Gasteiger partial charge in [0.25, 0.3) is 0 Å². The Kier molecular flexibility index (Phi) is 3.61. The number of carboxylic acids is 1. The van der Waals surface area contributed by atoms with Crippen LogP contribution in [0.2, 0.25) is 0 Å². The molecule has 1 aliphatic carbocycles. The monoisotopic (exact) mass is 284 g/mol. The molecule has 4 heteroatoms. The van der Waals surface area contributed by atoms with Gasteiger partial charge >= 0.3 is 5.97 Å². The summed E-state index contributed by atoms with van der Waals surface area (Å²) in [5, 5.41) is 8.99. The maximum Gasteiger partial charge on any atom is 0.333 e. The van der Waals surface area contributed by atoms with Gasteiger partial charge in [-0.2, -0.15) is 0 Å². The molecule has 1 N–H and O–H groups in total. The van der Waals surface area contributed by atoms with Crippen LogP contribution in [0.3, 0.4) is 0 Å². The fourth-order valence-electron chi connectivity index (χ4n) is 1.60. The molecule has 1 aromatic rings. The Morgan fingerprint density at radius 2 is 2.19 bits per heavy atom. The van der Waals surface area contributed by atoms with Gasteiger partial charge in [-0.1, -0.05) is 34.1 Å². The molecular formula is C12H13BrO3. The molecule has 0 radical (unpaired) electrons. The summed E-state index contributed by atoms with van der Waals surface area (Å²) in [5.74, 6) is -0.644. The Bertz CT molecular complexity index is 388. The molecule has 0 heterocycles. The summed E-state index contributed by atoms with van der Waals surface area (Å²) in [7, 11) is 0. The molecule has 1 aromatic carbocycles. The standard InChI is InChI=1S/C12H13BrO3/c13-10-4-2-1-3-9(10)7-16-11(12(14)15)8-5-6-8/h1-4,8,11H,5-7H2,(H,14,15). The van der Waals surface area contributed by atoms with Crippen molar-refractivity contribution in [3.63, 3.8) is 0 Å². The molecule has 0 spiro atoms. The minimum absolute atomic E-state index is 0.208. The SMILES string of the molecule is O=C(O)C(OCc1ccccc1Br)C1CC1. The largest absolute Gasteiger partial charge is 0.479 e. The van der Waals surface area contributed by atoms with E-state index >= 15 is 0 Å². The first-order valence-electron chi connectivity index (χ1n) is 5.26. The second-order valence-electron chi connectivity index (χ2n) is 4.00. The van der Waals surface area contributed by atoms with E-state index in [-0.39, 0.29) is 5.92 Å². The lowest BCUT2D eigenvalue weighted by Crippen LogP contribution is -2.25. The highest BCUT2D eigenvalue weighted by molar-refractivity contribution is 9.10. The average molecular weight is 285 g/mol. The highest BCUT2D eigenvalue weighted by Gasteiger charge is 2.37. The fourth-order valence-corrected chi connectivity index (χ4v) is 2.00. The first-order valence-corrected chi connectivity index (χ1v) is 6.05. The molecule has 1 aliphatic rings. The molecule has 1 fully saturated rings. The first-order chi connectivity index (χ1) is 7.68. The van der Waals surface area contributed by atoms with Gasteiger partial charge in [-0.3, -0.25) is 0 Å². The predicted octanol–water partition coefficient (Wildman–Crippen LogP) is 2.83. The minimum atomic E-state index is -0.852. The van der Waals surface area contributed by atoms with Crippen molar-refractivity contribution in [3.8, 4) is 0 Å². The van der Waals surface area contributed by atoms with Gasteiger partial charge in [-0.15, -0.1) is 0 Å². The lowest BCUT2D eigenvalue weighted by atomic mass is 10.2. The summed E-state index contributed by atoms with van der Waals surface area (Å²) < 4.78 is 6.42. The van der Waals surface area contributed by atoms with Crippen LogP contribution in [-0.2, 0) is 16.1 Å². The van der Waals surface area contributed by atoms with Crippen LogP contribution in [0.1, 0.15) is 18.4 Å². The minimum Gasteiger partial charge on any atom is -0.479 e. The number of hydrogen-bond acceptors (Lipinski definition) is 2. The molecule has 0 bridgehead atoms. The first kappa shape index (κ1) is 11.6. The molecule has 1 saturated carbocycles. The summed E-state index contributed by atoms with van der Waals surface area (Å²) in [6.45, 7) is 0.342. The maximum absolute atomic E-state index is 11.0. The van der Waals surface area contributed by atoms with E-state index in [0.29, 0.717) is 6.61 Å². The van der Waals surface area contributed by atoms with Gasteiger partial charge in [0.2, 0.25) is 0 Å². The van der Waals surface area contributed by atoms with Crippen LogP contribution in [0.15, 0.2) is 28.7 Å². The Hall–Kier alpha value is -0.870. The van der Waals surface area contributed by atoms with Gasteiger partial charge in [-0.25, -0.2) is 4.79 Å². The van der Waals surface area contributed by atoms with E-state index < -0.39 is 12.1 Å². The molecule has 0 aromatic heterocycles. The van der Waals surface area contributed by atoms with Gasteiger partial charge < -0.3 is 9.84 Å². The molecule has 1 atom stereocenters. The van der Waals surface area contributed by atoms with Crippen molar-refractivity contribution in [2.75, 3.05) is 0 Å². The zero-order chi connectivity index (χ0) is 11.5. The zero-order valence-corrected chi connectivity index (χ0v) is 10.3.